The highest BCUT2D eigenvalue weighted by atomic mass is 32.1. The third kappa shape index (κ3) is 2.74. The zero-order valence-corrected chi connectivity index (χ0v) is 9.24. The van der Waals surface area contributed by atoms with Gasteiger partial charge in [0.15, 0.2) is 0 Å². The molecule has 0 radical (unpaired) electrons. The molecule has 2 rings (SSSR count). The van der Waals surface area contributed by atoms with Gasteiger partial charge >= 0.3 is 0 Å². The molecule has 2 heterocycles. The third-order valence-corrected chi connectivity index (χ3v) is 2.55. The quantitative estimate of drug-likeness (QED) is 0.862. The minimum Gasteiger partial charge on any atom is -0.354 e. The van der Waals surface area contributed by atoms with Crippen molar-refractivity contribution in [3.8, 4) is 6.07 Å². The summed E-state index contributed by atoms with van der Waals surface area (Å²) < 4.78 is 0. The molecule has 0 bridgehead atoms. The van der Waals surface area contributed by atoms with Crippen molar-refractivity contribution < 1.29 is 0 Å². The Morgan fingerprint density at radius 1 is 1.44 bits per heavy atom. The average molecular weight is 231 g/mol. The molecule has 6 heteroatoms. The molecule has 0 spiro atoms. The lowest BCUT2D eigenvalue weighted by molar-refractivity contribution is 0.951. The summed E-state index contributed by atoms with van der Waals surface area (Å²) in [5.74, 6) is 0.481. The standard InChI is InChI=1S/C10H9N5S/c11-5-8-1-3-12-10(15-8)13-4-2-9-6-16-7-14-9/h1,3,6-7H,2,4H2,(H,12,13,15). The lowest BCUT2D eigenvalue weighted by Crippen LogP contribution is -2.08. The molecule has 0 aromatic carbocycles. The summed E-state index contributed by atoms with van der Waals surface area (Å²) in [4.78, 5) is 12.2. The largest absolute Gasteiger partial charge is 0.354 e. The molecule has 5 nitrogen and oxygen atoms in total. The van der Waals surface area contributed by atoms with E-state index in [0.717, 1.165) is 12.1 Å². The molecule has 0 unspecified atom stereocenters. The fourth-order valence-electron chi connectivity index (χ4n) is 1.17. The van der Waals surface area contributed by atoms with Crippen molar-refractivity contribution >= 4 is 17.3 Å². The maximum absolute atomic E-state index is 8.66. The summed E-state index contributed by atoms with van der Waals surface area (Å²) in [5, 5.41) is 13.7. The van der Waals surface area contributed by atoms with Crippen LogP contribution in [-0.4, -0.2) is 21.5 Å². The molecular formula is C10H9N5S. The highest BCUT2D eigenvalue weighted by Crippen LogP contribution is 2.03. The van der Waals surface area contributed by atoms with Gasteiger partial charge in [-0.2, -0.15) is 5.26 Å². The second-order valence-corrected chi connectivity index (χ2v) is 3.75. The van der Waals surface area contributed by atoms with Gasteiger partial charge in [0.05, 0.1) is 11.2 Å². The van der Waals surface area contributed by atoms with Crippen molar-refractivity contribution in [1.82, 2.24) is 15.0 Å². The second kappa shape index (κ2) is 5.19. The summed E-state index contributed by atoms with van der Waals surface area (Å²) in [7, 11) is 0. The molecule has 0 saturated carbocycles. The smallest absolute Gasteiger partial charge is 0.223 e. The summed E-state index contributed by atoms with van der Waals surface area (Å²) in [6, 6.07) is 3.54. The van der Waals surface area contributed by atoms with E-state index in [1.807, 2.05) is 17.0 Å². The van der Waals surface area contributed by atoms with Gasteiger partial charge in [0.1, 0.15) is 11.8 Å². The van der Waals surface area contributed by atoms with Gasteiger partial charge in [0, 0.05) is 24.5 Å². The summed E-state index contributed by atoms with van der Waals surface area (Å²) in [5.41, 5.74) is 3.22. The Balaban J connectivity index is 1.88. The van der Waals surface area contributed by atoms with E-state index in [-0.39, 0.29) is 0 Å². The van der Waals surface area contributed by atoms with E-state index in [1.165, 1.54) is 0 Å². The molecule has 0 fully saturated rings. The molecule has 1 N–H and O–H groups in total. The summed E-state index contributed by atoms with van der Waals surface area (Å²) in [6.07, 6.45) is 2.39. The Morgan fingerprint density at radius 2 is 2.38 bits per heavy atom. The molecule has 16 heavy (non-hydrogen) atoms. The molecule has 0 saturated heterocycles. The number of anilines is 1. The van der Waals surface area contributed by atoms with Crippen molar-refractivity contribution in [3.63, 3.8) is 0 Å². The first-order valence-electron chi connectivity index (χ1n) is 4.72. The van der Waals surface area contributed by atoms with Crippen molar-refractivity contribution in [2.75, 3.05) is 11.9 Å². The van der Waals surface area contributed by atoms with E-state index < -0.39 is 0 Å². The minimum absolute atomic E-state index is 0.367. The van der Waals surface area contributed by atoms with Crippen LogP contribution in [0.5, 0.6) is 0 Å². The van der Waals surface area contributed by atoms with E-state index in [4.69, 9.17) is 5.26 Å². The number of rotatable bonds is 4. The van der Waals surface area contributed by atoms with Crippen molar-refractivity contribution in [2.24, 2.45) is 0 Å². The topological polar surface area (TPSA) is 74.5 Å². The summed E-state index contributed by atoms with van der Waals surface area (Å²) in [6.45, 7) is 0.707. The maximum Gasteiger partial charge on any atom is 0.223 e. The van der Waals surface area contributed by atoms with Crippen LogP contribution in [0.1, 0.15) is 11.4 Å². The number of nitriles is 1. The second-order valence-electron chi connectivity index (χ2n) is 3.03. The van der Waals surface area contributed by atoms with Crippen LogP contribution in [0, 0.1) is 11.3 Å². The normalized spacial score (nSPS) is 9.69. The van der Waals surface area contributed by atoms with Gasteiger partial charge in [-0.15, -0.1) is 11.3 Å². The Kier molecular flexibility index (Phi) is 3.41. The number of aromatic nitrogens is 3. The van der Waals surface area contributed by atoms with Crippen LogP contribution in [0.2, 0.25) is 0 Å². The van der Waals surface area contributed by atoms with Crippen molar-refractivity contribution in [2.45, 2.75) is 6.42 Å². The van der Waals surface area contributed by atoms with Crippen molar-refractivity contribution in [1.29, 1.82) is 5.26 Å². The monoisotopic (exact) mass is 231 g/mol. The van der Waals surface area contributed by atoms with Crippen LogP contribution < -0.4 is 5.32 Å². The van der Waals surface area contributed by atoms with Gasteiger partial charge in [-0.3, -0.25) is 0 Å². The molecule has 2 aromatic heterocycles. The van der Waals surface area contributed by atoms with Crippen LogP contribution in [0.25, 0.3) is 0 Å². The zero-order valence-electron chi connectivity index (χ0n) is 8.42. The van der Waals surface area contributed by atoms with Crippen molar-refractivity contribution in [3.05, 3.63) is 34.5 Å². The van der Waals surface area contributed by atoms with Gasteiger partial charge in [0.25, 0.3) is 0 Å². The first-order valence-corrected chi connectivity index (χ1v) is 5.67. The summed E-state index contributed by atoms with van der Waals surface area (Å²) >= 11 is 1.58. The van der Waals surface area contributed by atoms with E-state index in [2.05, 4.69) is 20.3 Å². The number of thiazole rings is 1. The molecule has 0 amide bonds. The number of nitrogens with one attached hydrogen (secondary N) is 1. The van der Waals surface area contributed by atoms with Crippen LogP contribution >= 0.6 is 11.3 Å². The van der Waals surface area contributed by atoms with Crippen LogP contribution in [0.3, 0.4) is 0 Å². The van der Waals surface area contributed by atoms with E-state index in [9.17, 15) is 0 Å². The molecule has 0 atom stereocenters. The Bertz CT molecular complexity index is 488. The first-order chi connectivity index (χ1) is 7.88. The molecule has 0 aliphatic heterocycles. The zero-order chi connectivity index (χ0) is 11.2. The number of hydrogen-bond donors (Lipinski definition) is 1. The highest BCUT2D eigenvalue weighted by Gasteiger charge is 1.98. The maximum atomic E-state index is 8.66. The van der Waals surface area contributed by atoms with Gasteiger partial charge in [-0.25, -0.2) is 15.0 Å². The van der Waals surface area contributed by atoms with Gasteiger partial charge < -0.3 is 5.32 Å². The number of hydrogen-bond acceptors (Lipinski definition) is 6. The van der Waals surface area contributed by atoms with Gasteiger partial charge in [-0.05, 0) is 6.07 Å². The molecule has 80 valence electrons. The molecule has 0 aliphatic carbocycles. The Morgan fingerprint density at radius 3 is 3.12 bits per heavy atom. The minimum atomic E-state index is 0.367. The number of nitrogens with zero attached hydrogens (tertiary/aromatic N) is 4. The van der Waals surface area contributed by atoms with Gasteiger partial charge in [0.2, 0.25) is 5.95 Å². The van der Waals surface area contributed by atoms with E-state index in [0.29, 0.717) is 18.2 Å². The average Bonchev–Trinajstić information content (AvgIpc) is 2.82. The van der Waals surface area contributed by atoms with E-state index >= 15 is 0 Å². The predicted molar refractivity (Wildman–Crippen MR) is 61.1 cm³/mol. The SMILES string of the molecule is N#Cc1ccnc(NCCc2cscn2)n1. The lowest BCUT2D eigenvalue weighted by atomic mass is 10.3. The van der Waals surface area contributed by atoms with Gasteiger partial charge in [-0.1, -0.05) is 0 Å². The Hall–Kier alpha value is -2.00. The Labute approximate surface area is 96.8 Å². The van der Waals surface area contributed by atoms with Crippen LogP contribution in [-0.2, 0) is 6.42 Å². The first kappa shape index (κ1) is 10.5. The van der Waals surface area contributed by atoms with Crippen LogP contribution in [0.4, 0.5) is 5.95 Å². The fourth-order valence-corrected chi connectivity index (χ4v) is 1.76. The molecule has 0 aliphatic rings. The third-order valence-electron chi connectivity index (χ3n) is 1.92. The predicted octanol–water partition coefficient (Wildman–Crippen LogP) is 1.46. The highest BCUT2D eigenvalue weighted by molar-refractivity contribution is 7.07. The fraction of sp³-hybridized carbons (Fsp3) is 0.200. The van der Waals surface area contributed by atoms with E-state index in [1.54, 1.807) is 23.6 Å². The lowest BCUT2D eigenvalue weighted by Gasteiger charge is -2.02. The molecular weight excluding hydrogens is 222 g/mol. The van der Waals surface area contributed by atoms with Crippen LogP contribution in [0.15, 0.2) is 23.2 Å². The molecule has 2 aromatic rings.